The van der Waals surface area contributed by atoms with Crippen LogP contribution in [0.2, 0.25) is 0 Å². The first kappa shape index (κ1) is 18.6. The van der Waals surface area contributed by atoms with Crippen LogP contribution < -0.4 is 4.74 Å². The molecule has 2 fully saturated rings. The molecular weight excluding hydrogens is 338 g/mol. The quantitative estimate of drug-likeness (QED) is 0.754. The minimum absolute atomic E-state index is 0.367. The molecule has 0 aromatic heterocycles. The van der Waals surface area contributed by atoms with Crippen LogP contribution in [0.25, 0.3) is 0 Å². The Balaban J connectivity index is 1.39. The van der Waals surface area contributed by atoms with Gasteiger partial charge in [-0.15, -0.1) is 0 Å². The largest absolute Gasteiger partial charge is 0.492 e. The zero-order valence-electron chi connectivity index (χ0n) is 15.0. The van der Waals surface area contributed by atoms with Gasteiger partial charge in [0.05, 0.1) is 6.26 Å². The third kappa shape index (κ3) is 5.41. The first-order chi connectivity index (χ1) is 12.0. The van der Waals surface area contributed by atoms with Crippen LogP contribution in [0.15, 0.2) is 30.3 Å². The predicted molar refractivity (Wildman–Crippen MR) is 99.4 cm³/mol. The second-order valence-electron chi connectivity index (χ2n) is 6.96. The predicted octanol–water partition coefficient (Wildman–Crippen LogP) is 1.11. The fourth-order valence-corrected chi connectivity index (χ4v) is 4.59. The van der Waals surface area contributed by atoms with Gasteiger partial charge in [0.25, 0.3) is 0 Å². The van der Waals surface area contributed by atoms with Crippen molar-refractivity contribution in [3.63, 3.8) is 0 Å². The Morgan fingerprint density at radius 3 is 2.48 bits per heavy atom. The van der Waals surface area contributed by atoms with Crippen LogP contribution in [0.3, 0.4) is 0 Å². The standard InChI is InChI=1S/C18H29N3O3S/c1-25(22,23)21-9-5-6-17(16-21)20-12-10-19(11-13-20)14-15-24-18-7-3-2-4-8-18/h2-4,7-8,17H,5-6,9-16H2,1H3/t17-/m1/s1. The van der Waals surface area contributed by atoms with E-state index in [4.69, 9.17) is 4.74 Å². The Bertz CT molecular complexity index is 630. The van der Waals surface area contributed by atoms with Gasteiger partial charge in [-0.05, 0) is 25.0 Å². The molecule has 140 valence electrons. The molecule has 2 heterocycles. The van der Waals surface area contributed by atoms with E-state index in [-0.39, 0.29) is 0 Å². The topological polar surface area (TPSA) is 53.1 Å². The number of sulfonamides is 1. The molecule has 6 nitrogen and oxygen atoms in total. The van der Waals surface area contributed by atoms with Gasteiger partial charge in [-0.1, -0.05) is 18.2 Å². The van der Waals surface area contributed by atoms with Gasteiger partial charge < -0.3 is 4.74 Å². The number of nitrogens with zero attached hydrogens (tertiary/aromatic N) is 3. The van der Waals surface area contributed by atoms with Crippen LogP contribution in [0.4, 0.5) is 0 Å². The van der Waals surface area contributed by atoms with Crippen molar-refractivity contribution < 1.29 is 13.2 Å². The van der Waals surface area contributed by atoms with E-state index in [1.165, 1.54) is 6.26 Å². The summed E-state index contributed by atoms with van der Waals surface area (Å²) < 4.78 is 31.0. The van der Waals surface area contributed by atoms with Gasteiger partial charge in [-0.3, -0.25) is 9.80 Å². The maximum Gasteiger partial charge on any atom is 0.211 e. The van der Waals surface area contributed by atoms with E-state index in [1.54, 1.807) is 4.31 Å². The van der Waals surface area contributed by atoms with Gasteiger partial charge in [-0.25, -0.2) is 12.7 Å². The van der Waals surface area contributed by atoms with Crippen LogP contribution >= 0.6 is 0 Å². The Morgan fingerprint density at radius 2 is 1.80 bits per heavy atom. The molecule has 2 saturated heterocycles. The van der Waals surface area contributed by atoms with Crippen molar-refractivity contribution >= 4 is 10.0 Å². The lowest BCUT2D eigenvalue weighted by molar-refractivity contribution is 0.0647. The lowest BCUT2D eigenvalue weighted by Crippen LogP contribution is -2.56. The van der Waals surface area contributed by atoms with Crippen molar-refractivity contribution in [2.75, 3.05) is 58.7 Å². The van der Waals surface area contributed by atoms with E-state index in [0.29, 0.717) is 25.7 Å². The average molecular weight is 368 g/mol. The lowest BCUT2D eigenvalue weighted by Gasteiger charge is -2.42. The van der Waals surface area contributed by atoms with Gasteiger partial charge in [0.2, 0.25) is 10.0 Å². The van der Waals surface area contributed by atoms with Gasteiger partial charge in [0, 0.05) is 51.9 Å². The van der Waals surface area contributed by atoms with Crippen LogP contribution in [-0.2, 0) is 10.0 Å². The molecule has 0 N–H and O–H groups in total. The highest BCUT2D eigenvalue weighted by Crippen LogP contribution is 2.19. The number of hydrogen-bond acceptors (Lipinski definition) is 5. The summed E-state index contributed by atoms with van der Waals surface area (Å²) in [5.41, 5.74) is 0. The first-order valence-electron chi connectivity index (χ1n) is 9.12. The molecule has 0 bridgehead atoms. The maximum absolute atomic E-state index is 11.8. The van der Waals surface area contributed by atoms with Crippen molar-refractivity contribution in [2.24, 2.45) is 0 Å². The third-order valence-electron chi connectivity index (χ3n) is 5.17. The second-order valence-corrected chi connectivity index (χ2v) is 8.94. The van der Waals surface area contributed by atoms with Crippen molar-refractivity contribution in [3.05, 3.63) is 30.3 Å². The van der Waals surface area contributed by atoms with E-state index in [0.717, 1.165) is 51.3 Å². The Morgan fingerprint density at radius 1 is 1.08 bits per heavy atom. The van der Waals surface area contributed by atoms with E-state index in [9.17, 15) is 8.42 Å². The second kappa shape index (κ2) is 8.49. The summed E-state index contributed by atoms with van der Waals surface area (Å²) in [6.07, 6.45) is 3.38. The number of benzene rings is 1. The molecule has 1 aromatic rings. The molecule has 2 aliphatic heterocycles. The molecule has 0 radical (unpaired) electrons. The molecule has 3 rings (SSSR count). The molecule has 0 amide bonds. The zero-order chi connectivity index (χ0) is 17.7. The van der Waals surface area contributed by atoms with Crippen LogP contribution in [0.5, 0.6) is 5.75 Å². The highest BCUT2D eigenvalue weighted by Gasteiger charge is 2.31. The average Bonchev–Trinajstić information content (AvgIpc) is 2.63. The normalized spacial score (nSPS) is 24.3. The van der Waals surface area contributed by atoms with Gasteiger partial charge in [-0.2, -0.15) is 0 Å². The Labute approximate surface area is 151 Å². The van der Waals surface area contributed by atoms with E-state index in [1.807, 2.05) is 30.3 Å². The number of piperazine rings is 1. The lowest BCUT2D eigenvalue weighted by atomic mass is 10.1. The molecular formula is C18H29N3O3S. The van der Waals surface area contributed by atoms with Crippen molar-refractivity contribution in [1.82, 2.24) is 14.1 Å². The SMILES string of the molecule is CS(=O)(=O)N1CCC[C@@H](N2CCN(CCOc3ccccc3)CC2)C1. The minimum Gasteiger partial charge on any atom is -0.492 e. The summed E-state index contributed by atoms with van der Waals surface area (Å²) in [6, 6.07) is 10.3. The van der Waals surface area contributed by atoms with Crippen molar-refractivity contribution in [1.29, 1.82) is 0 Å². The number of para-hydroxylation sites is 1. The van der Waals surface area contributed by atoms with Crippen molar-refractivity contribution in [2.45, 2.75) is 18.9 Å². The number of ether oxygens (including phenoxy) is 1. The van der Waals surface area contributed by atoms with Crippen LogP contribution in [0.1, 0.15) is 12.8 Å². The fourth-order valence-electron chi connectivity index (χ4n) is 3.68. The highest BCUT2D eigenvalue weighted by molar-refractivity contribution is 7.88. The molecule has 7 heteroatoms. The first-order valence-corrected chi connectivity index (χ1v) is 11.0. The molecule has 0 saturated carbocycles. The molecule has 25 heavy (non-hydrogen) atoms. The zero-order valence-corrected chi connectivity index (χ0v) is 15.8. The molecule has 0 spiro atoms. The molecule has 2 aliphatic rings. The number of rotatable bonds is 6. The number of hydrogen-bond donors (Lipinski definition) is 0. The summed E-state index contributed by atoms with van der Waals surface area (Å²) >= 11 is 0. The number of piperidine rings is 1. The molecule has 1 atom stereocenters. The van der Waals surface area contributed by atoms with Crippen LogP contribution in [-0.4, -0.2) is 87.2 Å². The smallest absolute Gasteiger partial charge is 0.211 e. The molecule has 0 aliphatic carbocycles. The Hall–Kier alpha value is -1.15. The maximum atomic E-state index is 11.8. The van der Waals surface area contributed by atoms with Gasteiger partial charge in [0.1, 0.15) is 12.4 Å². The fraction of sp³-hybridized carbons (Fsp3) is 0.667. The summed E-state index contributed by atoms with van der Waals surface area (Å²) in [4.78, 5) is 4.89. The summed E-state index contributed by atoms with van der Waals surface area (Å²) in [5.74, 6) is 0.921. The minimum atomic E-state index is -3.07. The summed E-state index contributed by atoms with van der Waals surface area (Å²) in [7, 11) is -3.07. The van der Waals surface area contributed by atoms with Crippen molar-refractivity contribution in [3.8, 4) is 5.75 Å². The molecule has 0 unspecified atom stereocenters. The monoisotopic (exact) mass is 367 g/mol. The Kier molecular flexibility index (Phi) is 6.33. The van der Waals surface area contributed by atoms with Gasteiger partial charge in [0.15, 0.2) is 0 Å². The van der Waals surface area contributed by atoms with Crippen LogP contribution in [0, 0.1) is 0 Å². The van der Waals surface area contributed by atoms with E-state index < -0.39 is 10.0 Å². The summed E-state index contributed by atoms with van der Waals surface area (Å²) in [6.45, 7) is 7.02. The van der Waals surface area contributed by atoms with E-state index >= 15 is 0 Å². The van der Waals surface area contributed by atoms with Gasteiger partial charge >= 0.3 is 0 Å². The third-order valence-corrected chi connectivity index (χ3v) is 6.44. The molecule has 1 aromatic carbocycles. The summed E-state index contributed by atoms with van der Waals surface area (Å²) in [5, 5.41) is 0. The van der Waals surface area contributed by atoms with E-state index in [2.05, 4.69) is 9.80 Å². The highest BCUT2D eigenvalue weighted by atomic mass is 32.2.